The maximum Gasteiger partial charge on any atom is 0.350 e. The number of piperidine rings is 1. The molecule has 3 rings (SSSR count). The topological polar surface area (TPSA) is 85.6 Å². The minimum Gasteiger partial charge on any atom is -0.340 e. The number of carbonyl (C=O) groups excluding carboxylic acids is 1. The van der Waals surface area contributed by atoms with Crippen molar-refractivity contribution in [1.29, 1.82) is 0 Å². The van der Waals surface area contributed by atoms with Gasteiger partial charge in [-0.3, -0.25) is 9.20 Å². The first kappa shape index (κ1) is 12.9. The van der Waals surface area contributed by atoms with Crippen molar-refractivity contribution in [1.82, 2.24) is 19.1 Å². The molecule has 7 nitrogen and oxygen atoms in total. The van der Waals surface area contributed by atoms with Crippen LogP contribution >= 0.6 is 0 Å². The number of fused-ring (bicyclic) bond motifs is 1. The number of rotatable bonds is 2. The second-order valence-electron chi connectivity index (χ2n) is 5.11. The van der Waals surface area contributed by atoms with E-state index in [0.717, 1.165) is 12.8 Å². The maximum atomic E-state index is 12.2. The average Bonchev–Trinajstić information content (AvgIpc) is 2.76. The van der Waals surface area contributed by atoms with Gasteiger partial charge in [0.15, 0.2) is 5.65 Å². The third kappa shape index (κ3) is 2.32. The predicted octanol–water partition coefficient (Wildman–Crippen LogP) is -0.554. The highest BCUT2D eigenvalue weighted by atomic mass is 16.2. The Labute approximate surface area is 115 Å². The molecule has 2 N–H and O–H groups in total. The zero-order valence-corrected chi connectivity index (χ0v) is 11.1. The Morgan fingerprint density at radius 2 is 2.30 bits per heavy atom. The number of amides is 1. The van der Waals surface area contributed by atoms with Gasteiger partial charge in [-0.1, -0.05) is 6.07 Å². The van der Waals surface area contributed by atoms with Crippen LogP contribution in [-0.2, 0) is 11.3 Å². The van der Waals surface area contributed by atoms with E-state index in [1.807, 2.05) is 0 Å². The van der Waals surface area contributed by atoms with Gasteiger partial charge in [-0.05, 0) is 25.0 Å². The first-order chi connectivity index (χ1) is 9.65. The van der Waals surface area contributed by atoms with Crippen LogP contribution in [0.25, 0.3) is 5.65 Å². The van der Waals surface area contributed by atoms with Crippen molar-refractivity contribution in [2.75, 3.05) is 13.1 Å². The number of carbonyl (C=O) groups is 1. The Kier molecular flexibility index (Phi) is 3.27. The SMILES string of the molecule is NC1CCCN(C(=O)Cn2nc3ccccn3c2=O)C1. The van der Waals surface area contributed by atoms with E-state index < -0.39 is 0 Å². The Morgan fingerprint density at radius 1 is 1.45 bits per heavy atom. The standard InChI is InChI=1S/C13H17N5O2/c14-10-4-3-6-16(8-10)12(19)9-18-13(20)17-7-2-1-5-11(17)15-18/h1-2,5,7,10H,3-4,6,8-9,14H2. The summed E-state index contributed by atoms with van der Waals surface area (Å²) >= 11 is 0. The fraction of sp³-hybridized carbons (Fsp3) is 0.462. The lowest BCUT2D eigenvalue weighted by molar-refractivity contribution is -0.133. The van der Waals surface area contributed by atoms with Crippen LogP contribution in [0.4, 0.5) is 0 Å². The lowest BCUT2D eigenvalue weighted by Gasteiger charge is -2.30. The zero-order chi connectivity index (χ0) is 14.1. The largest absolute Gasteiger partial charge is 0.350 e. The molecular weight excluding hydrogens is 258 g/mol. The molecule has 1 atom stereocenters. The van der Waals surface area contributed by atoms with Crippen molar-refractivity contribution in [2.45, 2.75) is 25.4 Å². The van der Waals surface area contributed by atoms with Crippen LogP contribution in [0.5, 0.6) is 0 Å². The molecule has 2 aromatic rings. The molecular formula is C13H17N5O2. The predicted molar refractivity (Wildman–Crippen MR) is 73.2 cm³/mol. The van der Waals surface area contributed by atoms with Gasteiger partial charge < -0.3 is 10.6 Å². The van der Waals surface area contributed by atoms with Crippen LogP contribution in [0.3, 0.4) is 0 Å². The smallest absolute Gasteiger partial charge is 0.340 e. The van der Waals surface area contributed by atoms with Crippen LogP contribution in [0.15, 0.2) is 29.2 Å². The van der Waals surface area contributed by atoms with Crippen LogP contribution in [0, 0.1) is 0 Å². The van der Waals surface area contributed by atoms with Crippen LogP contribution < -0.4 is 11.4 Å². The third-order valence-electron chi connectivity index (χ3n) is 3.58. The lowest BCUT2D eigenvalue weighted by atomic mass is 10.1. The summed E-state index contributed by atoms with van der Waals surface area (Å²) in [5.41, 5.74) is 6.11. The summed E-state index contributed by atoms with van der Waals surface area (Å²) in [6.07, 6.45) is 3.49. The van der Waals surface area contributed by atoms with Gasteiger partial charge >= 0.3 is 5.69 Å². The van der Waals surface area contributed by atoms with E-state index in [0.29, 0.717) is 18.7 Å². The summed E-state index contributed by atoms with van der Waals surface area (Å²) < 4.78 is 2.63. The third-order valence-corrected chi connectivity index (χ3v) is 3.58. The minimum absolute atomic E-state index is 0.0329. The van der Waals surface area contributed by atoms with Crippen molar-refractivity contribution in [2.24, 2.45) is 5.73 Å². The summed E-state index contributed by atoms with van der Waals surface area (Å²) in [5.74, 6) is -0.106. The maximum absolute atomic E-state index is 12.2. The fourth-order valence-electron chi connectivity index (χ4n) is 2.54. The normalized spacial score (nSPS) is 19.4. The van der Waals surface area contributed by atoms with E-state index in [9.17, 15) is 9.59 Å². The minimum atomic E-state index is -0.296. The number of hydrogen-bond acceptors (Lipinski definition) is 4. The Balaban J connectivity index is 1.80. The molecule has 3 heterocycles. The second-order valence-corrected chi connectivity index (χ2v) is 5.11. The van der Waals surface area contributed by atoms with Crippen LogP contribution in [-0.4, -0.2) is 44.1 Å². The van der Waals surface area contributed by atoms with E-state index in [1.54, 1.807) is 29.3 Å². The van der Waals surface area contributed by atoms with Gasteiger partial charge in [-0.15, -0.1) is 5.10 Å². The molecule has 20 heavy (non-hydrogen) atoms. The van der Waals surface area contributed by atoms with Crippen molar-refractivity contribution >= 4 is 11.6 Å². The number of likely N-dealkylation sites (tertiary alicyclic amines) is 1. The summed E-state index contributed by atoms with van der Waals surface area (Å²) in [6.45, 7) is 1.23. The number of nitrogens with two attached hydrogens (primary N) is 1. The average molecular weight is 275 g/mol. The van der Waals surface area contributed by atoms with Crippen molar-refractivity contribution < 1.29 is 4.79 Å². The highest BCUT2D eigenvalue weighted by molar-refractivity contribution is 5.76. The molecule has 0 spiro atoms. The van der Waals surface area contributed by atoms with Crippen molar-refractivity contribution in [3.8, 4) is 0 Å². The second kappa shape index (κ2) is 5.09. The molecule has 0 radical (unpaired) electrons. The van der Waals surface area contributed by atoms with Gasteiger partial charge in [0.1, 0.15) is 6.54 Å². The molecule has 106 valence electrons. The molecule has 1 aliphatic rings. The fourth-order valence-corrected chi connectivity index (χ4v) is 2.54. The summed E-state index contributed by atoms with van der Waals surface area (Å²) in [7, 11) is 0. The van der Waals surface area contributed by atoms with Crippen LogP contribution in [0.2, 0.25) is 0 Å². The molecule has 0 aliphatic carbocycles. The van der Waals surface area contributed by atoms with E-state index in [-0.39, 0.29) is 24.2 Å². The van der Waals surface area contributed by atoms with Crippen molar-refractivity contribution in [3.05, 3.63) is 34.9 Å². The molecule has 1 fully saturated rings. The van der Waals surface area contributed by atoms with Gasteiger partial charge in [0.2, 0.25) is 5.91 Å². The molecule has 2 aromatic heterocycles. The van der Waals surface area contributed by atoms with Gasteiger partial charge in [-0.25, -0.2) is 9.48 Å². The van der Waals surface area contributed by atoms with E-state index in [2.05, 4.69) is 5.10 Å². The molecule has 0 aromatic carbocycles. The van der Waals surface area contributed by atoms with E-state index in [1.165, 1.54) is 9.08 Å². The van der Waals surface area contributed by atoms with Crippen molar-refractivity contribution in [3.63, 3.8) is 0 Å². The molecule has 1 aliphatic heterocycles. The van der Waals surface area contributed by atoms with Gasteiger partial charge in [-0.2, -0.15) is 0 Å². The number of aromatic nitrogens is 3. The van der Waals surface area contributed by atoms with E-state index in [4.69, 9.17) is 5.73 Å². The first-order valence-corrected chi connectivity index (χ1v) is 6.73. The molecule has 1 amide bonds. The van der Waals surface area contributed by atoms with Gasteiger partial charge in [0, 0.05) is 25.3 Å². The quantitative estimate of drug-likeness (QED) is 0.796. The number of pyridine rings is 1. The van der Waals surface area contributed by atoms with Gasteiger partial charge in [0.25, 0.3) is 0 Å². The summed E-state index contributed by atoms with van der Waals surface area (Å²) in [5, 5.41) is 4.15. The molecule has 7 heteroatoms. The molecule has 1 saturated heterocycles. The number of hydrogen-bond donors (Lipinski definition) is 1. The zero-order valence-electron chi connectivity index (χ0n) is 11.1. The van der Waals surface area contributed by atoms with Crippen LogP contribution in [0.1, 0.15) is 12.8 Å². The van der Waals surface area contributed by atoms with E-state index >= 15 is 0 Å². The monoisotopic (exact) mass is 275 g/mol. The molecule has 0 bridgehead atoms. The summed E-state index contributed by atoms with van der Waals surface area (Å²) in [6, 6.07) is 5.33. The highest BCUT2D eigenvalue weighted by Crippen LogP contribution is 2.08. The first-order valence-electron chi connectivity index (χ1n) is 6.73. The van der Waals surface area contributed by atoms with Gasteiger partial charge in [0.05, 0.1) is 0 Å². The number of nitrogens with zero attached hydrogens (tertiary/aromatic N) is 4. The Hall–Kier alpha value is -2.15. The molecule has 1 unspecified atom stereocenters. The Bertz CT molecular complexity index is 689. The lowest BCUT2D eigenvalue weighted by Crippen LogP contribution is -2.47. The molecule has 0 saturated carbocycles. The Morgan fingerprint density at radius 3 is 3.05 bits per heavy atom. The summed E-state index contributed by atoms with van der Waals surface area (Å²) in [4.78, 5) is 26.0. The highest BCUT2D eigenvalue weighted by Gasteiger charge is 2.22.